The van der Waals surface area contributed by atoms with E-state index in [1.54, 1.807) is 53.6 Å². The second-order valence-electron chi connectivity index (χ2n) is 9.06. The number of amides is 1. The third kappa shape index (κ3) is 5.38. The van der Waals surface area contributed by atoms with Crippen LogP contribution < -0.4 is 0 Å². The van der Waals surface area contributed by atoms with Crippen molar-refractivity contribution >= 4 is 26.6 Å². The summed E-state index contributed by atoms with van der Waals surface area (Å²) in [6, 6.07) is 19.1. The van der Waals surface area contributed by atoms with Gasteiger partial charge in [0.15, 0.2) is 9.84 Å². The summed E-state index contributed by atoms with van der Waals surface area (Å²) in [5, 5.41) is 0.753. The van der Waals surface area contributed by atoms with E-state index < -0.39 is 21.5 Å². The molecular formula is C28H25F2N3O3S. The zero-order valence-corrected chi connectivity index (χ0v) is 20.8. The van der Waals surface area contributed by atoms with Gasteiger partial charge in [-0.15, -0.1) is 0 Å². The summed E-state index contributed by atoms with van der Waals surface area (Å²) in [4.78, 5) is 21.0. The highest BCUT2D eigenvalue weighted by molar-refractivity contribution is 7.90. The van der Waals surface area contributed by atoms with Crippen LogP contribution in [0.1, 0.15) is 21.5 Å². The van der Waals surface area contributed by atoms with Gasteiger partial charge in [0, 0.05) is 55.4 Å². The minimum absolute atomic E-state index is 0.0344. The van der Waals surface area contributed by atoms with Gasteiger partial charge >= 0.3 is 0 Å². The number of benzene rings is 3. The first-order valence-electron chi connectivity index (χ1n) is 11.9. The monoisotopic (exact) mass is 521 g/mol. The summed E-state index contributed by atoms with van der Waals surface area (Å²) in [6.07, 6.45) is 1.57. The van der Waals surface area contributed by atoms with Gasteiger partial charge in [-0.3, -0.25) is 14.7 Å². The zero-order chi connectivity index (χ0) is 26.0. The molecule has 1 fully saturated rings. The second-order valence-corrected chi connectivity index (χ2v) is 11.0. The Kier molecular flexibility index (Phi) is 6.99. The van der Waals surface area contributed by atoms with Crippen LogP contribution in [0.4, 0.5) is 8.78 Å². The van der Waals surface area contributed by atoms with Crippen molar-refractivity contribution in [2.24, 2.45) is 0 Å². The van der Waals surface area contributed by atoms with Gasteiger partial charge in [0.2, 0.25) is 0 Å². The molecule has 190 valence electrons. The highest BCUT2D eigenvalue weighted by Crippen LogP contribution is 2.24. The van der Waals surface area contributed by atoms with Gasteiger partial charge < -0.3 is 4.90 Å². The molecule has 5 rings (SSSR count). The molecule has 1 saturated heterocycles. The third-order valence-electron chi connectivity index (χ3n) is 6.59. The maximum atomic E-state index is 14.0. The normalized spacial score (nSPS) is 14.7. The fourth-order valence-electron chi connectivity index (χ4n) is 4.57. The number of para-hydroxylation sites is 1. The van der Waals surface area contributed by atoms with E-state index in [1.807, 2.05) is 17.0 Å². The molecule has 3 aromatic carbocycles. The fourth-order valence-corrected chi connectivity index (χ4v) is 6.10. The number of nitrogens with zero attached hydrogens (tertiary/aromatic N) is 3. The third-order valence-corrected chi connectivity index (χ3v) is 8.30. The maximum absolute atomic E-state index is 14.0. The average molecular weight is 522 g/mol. The number of carbonyl (C=O) groups is 1. The maximum Gasteiger partial charge on any atom is 0.253 e. The van der Waals surface area contributed by atoms with E-state index in [2.05, 4.69) is 4.98 Å². The molecular weight excluding hydrogens is 496 g/mol. The molecule has 0 N–H and O–H groups in total. The Labute approximate surface area is 214 Å². The molecule has 1 aromatic heterocycles. The van der Waals surface area contributed by atoms with Gasteiger partial charge in [-0.1, -0.05) is 36.4 Å². The van der Waals surface area contributed by atoms with Crippen LogP contribution in [0.3, 0.4) is 0 Å². The Hall–Kier alpha value is -3.69. The number of aromatic nitrogens is 1. The van der Waals surface area contributed by atoms with Crippen molar-refractivity contribution in [3.8, 4) is 0 Å². The first-order chi connectivity index (χ1) is 17.8. The predicted octanol–water partition coefficient (Wildman–Crippen LogP) is 4.44. The number of hydrogen-bond acceptors (Lipinski definition) is 5. The molecule has 1 aliphatic heterocycles. The number of hydrogen-bond donors (Lipinski definition) is 0. The average Bonchev–Trinajstić information content (AvgIpc) is 2.91. The van der Waals surface area contributed by atoms with E-state index in [4.69, 9.17) is 0 Å². The first-order valence-corrected chi connectivity index (χ1v) is 13.6. The molecule has 0 spiro atoms. The smallest absolute Gasteiger partial charge is 0.253 e. The molecule has 0 unspecified atom stereocenters. The quantitative estimate of drug-likeness (QED) is 0.375. The summed E-state index contributed by atoms with van der Waals surface area (Å²) in [6.45, 7) is 2.00. The van der Waals surface area contributed by atoms with Crippen molar-refractivity contribution in [2.75, 3.05) is 26.2 Å². The molecule has 0 bridgehead atoms. The molecule has 6 nitrogen and oxygen atoms in total. The SMILES string of the molecule is O=C(c1ccc(CS(=O)(=O)c2cccc3cccnc23)cc1)N1CCN(Cc2c(F)cccc2F)CC1. The molecule has 4 aromatic rings. The first kappa shape index (κ1) is 25.0. The molecule has 0 atom stereocenters. The standard InChI is InChI=1S/C28H25F2N3O3S/c29-24-6-2-7-25(30)23(24)18-32-14-16-33(17-15-32)28(34)22-11-9-20(10-12-22)19-37(35,36)26-8-1-4-21-5-3-13-31-27(21)26/h1-13H,14-19H2. The fraction of sp³-hybridized carbons (Fsp3) is 0.214. The van der Waals surface area contributed by atoms with E-state index in [9.17, 15) is 22.0 Å². The van der Waals surface area contributed by atoms with Crippen molar-refractivity contribution in [1.82, 2.24) is 14.8 Å². The van der Waals surface area contributed by atoms with Crippen LogP contribution in [0, 0.1) is 11.6 Å². The van der Waals surface area contributed by atoms with Crippen LogP contribution in [0.15, 0.2) is 83.9 Å². The van der Waals surface area contributed by atoms with Gasteiger partial charge in [0.1, 0.15) is 11.6 Å². The van der Waals surface area contributed by atoms with E-state index in [0.29, 0.717) is 42.8 Å². The van der Waals surface area contributed by atoms with Crippen LogP contribution in [0.2, 0.25) is 0 Å². The lowest BCUT2D eigenvalue weighted by molar-refractivity contribution is 0.0625. The highest BCUT2D eigenvalue weighted by atomic mass is 32.2. The Morgan fingerprint density at radius 2 is 1.49 bits per heavy atom. The molecule has 0 radical (unpaired) electrons. The zero-order valence-electron chi connectivity index (χ0n) is 20.0. The summed E-state index contributed by atoms with van der Waals surface area (Å²) < 4.78 is 54.2. The summed E-state index contributed by atoms with van der Waals surface area (Å²) in [5.74, 6) is -1.51. The predicted molar refractivity (Wildman–Crippen MR) is 137 cm³/mol. The largest absolute Gasteiger partial charge is 0.336 e. The molecule has 2 heterocycles. The number of fused-ring (bicyclic) bond motifs is 1. The topological polar surface area (TPSA) is 70.6 Å². The highest BCUT2D eigenvalue weighted by Gasteiger charge is 2.24. The Morgan fingerprint density at radius 1 is 0.838 bits per heavy atom. The van der Waals surface area contributed by atoms with E-state index in [0.717, 1.165) is 5.39 Å². The van der Waals surface area contributed by atoms with Gasteiger partial charge in [-0.25, -0.2) is 17.2 Å². The Balaban J connectivity index is 1.22. The van der Waals surface area contributed by atoms with Gasteiger partial charge in [0.25, 0.3) is 5.91 Å². The number of piperazine rings is 1. The minimum Gasteiger partial charge on any atom is -0.336 e. The van der Waals surface area contributed by atoms with E-state index >= 15 is 0 Å². The number of sulfone groups is 1. The van der Waals surface area contributed by atoms with Crippen LogP contribution in [0.5, 0.6) is 0 Å². The Morgan fingerprint density at radius 3 is 2.19 bits per heavy atom. The lowest BCUT2D eigenvalue weighted by Gasteiger charge is -2.35. The van der Waals surface area contributed by atoms with Crippen molar-refractivity contribution < 1.29 is 22.0 Å². The van der Waals surface area contributed by atoms with Gasteiger partial charge in [-0.05, 0) is 42.0 Å². The molecule has 37 heavy (non-hydrogen) atoms. The molecule has 0 aliphatic carbocycles. The van der Waals surface area contributed by atoms with Gasteiger partial charge in [-0.2, -0.15) is 0 Å². The van der Waals surface area contributed by atoms with Crippen molar-refractivity contribution in [2.45, 2.75) is 17.2 Å². The van der Waals surface area contributed by atoms with Gasteiger partial charge in [0.05, 0.1) is 16.2 Å². The van der Waals surface area contributed by atoms with E-state index in [-0.39, 0.29) is 28.7 Å². The Bertz CT molecular complexity index is 1530. The summed E-state index contributed by atoms with van der Waals surface area (Å²) in [7, 11) is -3.65. The summed E-state index contributed by atoms with van der Waals surface area (Å²) >= 11 is 0. The van der Waals surface area contributed by atoms with E-state index in [1.165, 1.54) is 18.2 Å². The van der Waals surface area contributed by atoms with Crippen LogP contribution in [-0.2, 0) is 22.1 Å². The number of pyridine rings is 1. The molecule has 1 amide bonds. The number of carbonyl (C=O) groups excluding carboxylic acids is 1. The number of halogens is 2. The molecule has 9 heteroatoms. The minimum atomic E-state index is -3.65. The van der Waals surface area contributed by atoms with Crippen LogP contribution in [-0.4, -0.2) is 55.3 Å². The lowest BCUT2D eigenvalue weighted by Crippen LogP contribution is -2.48. The molecule has 1 aliphatic rings. The number of rotatable bonds is 6. The van der Waals surface area contributed by atoms with Crippen LogP contribution in [0.25, 0.3) is 10.9 Å². The lowest BCUT2D eigenvalue weighted by atomic mass is 10.1. The van der Waals surface area contributed by atoms with Crippen molar-refractivity contribution in [1.29, 1.82) is 0 Å². The van der Waals surface area contributed by atoms with Crippen molar-refractivity contribution in [3.05, 3.63) is 107 Å². The van der Waals surface area contributed by atoms with Crippen molar-refractivity contribution in [3.63, 3.8) is 0 Å². The van der Waals surface area contributed by atoms with Crippen LogP contribution >= 0.6 is 0 Å². The second kappa shape index (κ2) is 10.4. The molecule has 0 saturated carbocycles. The summed E-state index contributed by atoms with van der Waals surface area (Å²) in [5.41, 5.74) is 1.50.